The largest absolute Gasteiger partial charge is 0.497 e. The second kappa shape index (κ2) is 10.4. The number of anilines is 1. The van der Waals surface area contributed by atoms with Gasteiger partial charge in [0, 0.05) is 17.2 Å². The number of nitrogens with zero attached hydrogens (tertiary/aromatic N) is 2. The quantitative estimate of drug-likeness (QED) is 0.167. The number of hydrogen-bond donors (Lipinski definition) is 1. The standard InChI is InChI=1S/C34H25Cl2N3O4/c1-43-21-13-10-19(11-14-21)16-28(40)38-37-18-34-24-8-4-2-6-22(24)29(23-7-3-5-9-25(23)34)30-31(34)33(42)39(32(30)41)27-15-12-20(35)17-26(27)36/h2-15,17-18,29-31H,16H2,1H3,(H,38,40)/b37-18-/t29?,30-,31-,34?/m1/s1. The van der Waals surface area contributed by atoms with Crippen LogP contribution in [0.3, 0.4) is 0 Å². The summed E-state index contributed by atoms with van der Waals surface area (Å²) < 4.78 is 5.20. The van der Waals surface area contributed by atoms with Gasteiger partial charge < -0.3 is 4.74 Å². The third-order valence-corrected chi connectivity index (χ3v) is 9.35. The van der Waals surface area contributed by atoms with Gasteiger partial charge in [-0.2, -0.15) is 5.10 Å². The molecule has 2 bridgehead atoms. The van der Waals surface area contributed by atoms with E-state index >= 15 is 0 Å². The molecule has 9 heteroatoms. The Hall–Kier alpha value is -4.46. The molecule has 0 aromatic heterocycles. The third-order valence-electron chi connectivity index (χ3n) is 8.82. The minimum atomic E-state index is -1.11. The fourth-order valence-corrected chi connectivity index (χ4v) is 7.62. The lowest BCUT2D eigenvalue weighted by Gasteiger charge is -2.52. The summed E-state index contributed by atoms with van der Waals surface area (Å²) in [6, 6.07) is 27.6. The summed E-state index contributed by atoms with van der Waals surface area (Å²) in [5, 5.41) is 5.08. The van der Waals surface area contributed by atoms with Crippen molar-refractivity contribution in [2.24, 2.45) is 16.9 Å². The van der Waals surface area contributed by atoms with Crippen molar-refractivity contribution in [3.63, 3.8) is 0 Å². The number of imide groups is 1. The number of rotatable bonds is 6. The van der Waals surface area contributed by atoms with Crippen molar-refractivity contribution in [1.29, 1.82) is 0 Å². The van der Waals surface area contributed by atoms with Crippen molar-refractivity contribution in [2.75, 3.05) is 12.0 Å². The summed E-state index contributed by atoms with van der Waals surface area (Å²) in [6.45, 7) is 0. The van der Waals surface area contributed by atoms with Gasteiger partial charge in [0.15, 0.2) is 0 Å². The van der Waals surface area contributed by atoms with Crippen molar-refractivity contribution in [3.8, 4) is 5.75 Å². The average molecular weight is 610 g/mol. The lowest BCUT2D eigenvalue weighted by molar-refractivity contribution is -0.123. The Morgan fingerprint density at radius 1 is 0.930 bits per heavy atom. The number of halogens is 2. The molecule has 7 nitrogen and oxygen atoms in total. The zero-order chi connectivity index (χ0) is 29.9. The average Bonchev–Trinajstić information content (AvgIpc) is 3.28. The van der Waals surface area contributed by atoms with E-state index in [1.54, 1.807) is 37.6 Å². The molecule has 4 aromatic rings. The van der Waals surface area contributed by atoms with Gasteiger partial charge in [0.2, 0.25) is 17.7 Å². The molecule has 0 radical (unpaired) electrons. The van der Waals surface area contributed by atoms with Crippen LogP contribution in [-0.4, -0.2) is 31.0 Å². The van der Waals surface area contributed by atoms with E-state index in [4.69, 9.17) is 27.9 Å². The van der Waals surface area contributed by atoms with Gasteiger partial charge in [-0.15, -0.1) is 0 Å². The number of carbonyl (C=O) groups is 3. The molecule has 4 aromatic carbocycles. The molecule has 1 fully saturated rings. The van der Waals surface area contributed by atoms with Gasteiger partial charge in [-0.1, -0.05) is 83.9 Å². The highest BCUT2D eigenvalue weighted by Crippen LogP contribution is 2.63. The number of benzene rings is 4. The van der Waals surface area contributed by atoms with E-state index in [-0.39, 0.29) is 35.1 Å². The highest BCUT2D eigenvalue weighted by Gasteiger charge is 2.68. The van der Waals surface area contributed by atoms with Crippen LogP contribution in [0.1, 0.15) is 33.7 Å². The maximum Gasteiger partial charge on any atom is 0.244 e. The number of methoxy groups -OCH3 is 1. The summed E-state index contributed by atoms with van der Waals surface area (Å²) in [7, 11) is 1.58. The Balaban J connectivity index is 1.33. The van der Waals surface area contributed by atoms with E-state index in [1.165, 1.54) is 11.0 Å². The van der Waals surface area contributed by atoms with Crippen LogP contribution in [0, 0.1) is 11.8 Å². The summed E-state index contributed by atoms with van der Waals surface area (Å²) >= 11 is 12.7. The maximum absolute atomic E-state index is 14.4. The molecule has 0 saturated carbocycles. The Labute approximate surface area is 258 Å². The van der Waals surface area contributed by atoms with Gasteiger partial charge in [-0.25, -0.2) is 10.3 Å². The summed E-state index contributed by atoms with van der Waals surface area (Å²) in [5.41, 5.74) is 6.34. The Bertz CT molecular complexity index is 1790. The highest BCUT2D eigenvalue weighted by molar-refractivity contribution is 6.38. The number of hydrazone groups is 1. The van der Waals surface area contributed by atoms with Crippen LogP contribution in [0.5, 0.6) is 5.75 Å². The molecule has 43 heavy (non-hydrogen) atoms. The van der Waals surface area contributed by atoms with E-state index in [1.807, 2.05) is 60.7 Å². The molecule has 1 aliphatic heterocycles. The monoisotopic (exact) mass is 609 g/mol. The molecule has 0 unspecified atom stereocenters. The van der Waals surface area contributed by atoms with Gasteiger partial charge in [-0.05, 0) is 58.1 Å². The summed E-state index contributed by atoms with van der Waals surface area (Å²) in [5.74, 6) is -2.13. The Morgan fingerprint density at radius 2 is 1.58 bits per heavy atom. The smallest absolute Gasteiger partial charge is 0.244 e. The predicted molar refractivity (Wildman–Crippen MR) is 165 cm³/mol. The van der Waals surface area contributed by atoms with Crippen LogP contribution in [0.15, 0.2) is 96.1 Å². The molecular formula is C34H25Cl2N3O4. The number of ether oxygens (including phenoxy) is 1. The number of carbonyl (C=O) groups excluding carboxylic acids is 3. The van der Waals surface area contributed by atoms with Gasteiger partial charge >= 0.3 is 0 Å². The second-order valence-electron chi connectivity index (χ2n) is 11.0. The van der Waals surface area contributed by atoms with Crippen LogP contribution in [0.25, 0.3) is 0 Å². The second-order valence-corrected chi connectivity index (χ2v) is 11.8. The van der Waals surface area contributed by atoms with Crippen molar-refractivity contribution in [3.05, 3.63) is 129 Å². The van der Waals surface area contributed by atoms with E-state index in [0.29, 0.717) is 16.5 Å². The first-order chi connectivity index (χ1) is 20.8. The van der Waals surface area contributed by atoms with Gasteiger partial charge in [-0.3, -0.25) is 14.4 Å². The molecule has 4 aliphatic rings. The van der Waals surface area contributed by atoms with Crippen LogP contribution < -0.4 is 15.1 Å². The normalized spacial score (nSPS) is 23.2. The van der Waals surface area contributed by atoms with Crippen LogP contribution in [0.2, 0.25) is 10.0 Å². The van der Waals surface area contributed by atoms with Crippen molar-refractivity contribution < 1.29 is 19.1 Å². The lowest BCUT2D eigenvalue weighted by atomic mass is 9.47. The fraction of sp³-hybridized carbons (Fsp3) is 0.176. The molecule has 3 aliphatic carbocycles. The molecular weight excluding hydrogens is 585 g/mol. The van der Waals surface area contributed by atoms with E-state index < -0.39 is 17.3 Å². The SMILES string of the molecule is COc1ccc(CC(=O)N/N=C\C23c4ccccc4C(c4ccccc42)[C@H]2C(=O)N(c4ccc(Cl)cc4Cl)C(=O)[C@@H]23)cc1. The van der Waals surface area contributed by atoms with E-state index in [9.17, 15) is 14.4 Å². The number of hydrogen-bond acceptors (Lipinski definition) is 5. The van der Waals surface area contributed by atoms with E-state index in [2.05, 4.69) is 10.5 Å². The molecule has 3 amide bonds. The zero-order valence-electron chi connectivity index (χ0n) is 23.0. The molecule has 1 saturated heterocycles. The molecule has 0 spiro atoms. The number of nitrogens with one attached hydrogen (secondary N) is 1. The Morgan fingerprint density at radius 3 is 2.21 bits per heavy atom. The molecule has 2 atom stereocenters. The molecule has 214 valence electrons. The summed E-state index contributed by atoms with van der Waals surface area (Å²) in [6.07, 6.45) is 1.75. The van der Waals surface area contributed by atoms with Crippen molar-refractivity contribution in [2.45, 2.75) is 17.8 Å². The Kier molecular flexibility index (Phi) is 6.60. The van der Waals surface area contributed by atoms with Crippen LogP contribution in [-0.2, 0) is 26.2 Å². The fourth-order valence-electron chi connectivity index (χ4n) is 7.12. The van der Waals surface area contributed by atoms with Gasteiger partial charge in [0.1, 0.15) is 5.75 Å². The summed E-state index contributed by atoms with van der Waals surface area (Å²) in [4.78, 5) is 42.8. The minimum Gasteiger partial charge on any atom is -0.497 e. The zero-order valence-corrected chi connectivity index (χ0v) is 24.5. The predicted octanol–water partition coefficient (Wildman–Crippen LogP) is 5.90. The number of amides is 3. The van der Waals surface area contributed by atoms with Gasteiger partial charge in [0.05, 0.1) is 41.5 Å². The van der Waals surface area contributed by atoms with Gasteiger partial charge in [0.25, 0.3) is 0 Å². The topological polar surface area (TPSA) is 88.1 Å². The first-order valence-corrected chi connectivity index (χ1v) is 14.6. The molecule has 1 heterocycles. The van der Waals surface area contributed by atoms with Crippen LogP contribution in [0.4, 0.5) is 5.69 Å². The van der Waals surface area contributed by atoms with Crippen LogP contribution >= 0.6 is 23.2 Å². The molecule has 1 N–H and O–H groups in total. The first-order valence-electron chi connectivity index (χ1n) is 13.8. The minimum absolute atomic E-state index is 0.107. The van der Waals surface area contributed by atoms with Crippen molar-refractivity contribution >= 4 is 52.8 Å². The molecule has 8 rings (SSSR count). The lowest BCUT2D eigenvalue weighted by Crippen LogP contribution is -2.54. The van der Waals surface area contributed by atoms with E-state index in [0.717, 1.165) is 27.8 Å². The third kappa shape index (κ3) is 4.10. The first kappa shape index (κ1) is 27.4. The maximum atomic E-state index is 14.4. The van der Waals surface area contributed by atoms with Crippen molar-refractivity contribution in [1.82, 2.24) is 5.43 Å². The highest BCUT2D eigenvalue weighted by atomic mass is 35.5.